The second-order valence-corrected chi connectivity index (χ2v) is 9.99. The van der Waals surface area contributed by atoms with Crippen molar-refractivity contribution < 1.29 is 28.5 Å². The number of fused-ring (bicyclic) bond motifs is 3. The molecule has 6 nitrogen and oxygen atoms in total. The Balaban J connectivity index is 1.28. The van der Waals surface area contributed by atoms with Crippen molar-refractivity contribution in [1.82, 2.24) is 0 Å². The third-order valence-corrected chi connectivity index (χ3v) is 7.41. The van der Waals surface area contributed by atoms with Gasteiger partial charge in [-0.3, -0.25) is 0 Å². The van der Waals surface area contributed by atoms with E-state index in [1.54, 1.807) is 0 Å². The predicted molar refractivity (Wildman–Crippen MR) is 134 cm³/mol. The highest BCUT2D eigenvalue weighted by molar-refractivity contribution is 5.91. The Morgan fingerprint density at radius 3 is 2.58 bits per heavy atom. The minimum absolute atomic E-state index is 0.0706. The molecule has 3 aliphatic rings. The van der Waals surface area contributed by atoms with Crippen LogP contribution in [0.5, 0.6) is 0 Å². The summed E-state index contributed by atoms with van der Waals surface area (Å²) < 4.78 is 23.5. The topological polar surface area (TPSA) is 74.4 Å². The Labute approximate surface area is 211 Å². The summed E-state index contributed by atoms with van der Waals surface area (Å²) in [6.07, 6.45) is 4.10. The van der Waals surface area contributed by atoms with E-state index in [1.807, 2.05) is 60.7 Å². The van der Waals surface area contributed by atoms with E-state index in [4.69, 9.17) is 18.9 Å². The summed E-state index contributed by atoms with van der Waals surface area (Å²) in [6, 6.07) is 19.0. The van der Waals surface area contributed by atoms with E-state index in [0.29, 0.717) is 12.2 Å². The van der Waals surface area contributed by atoms with Crippen LogP contribution in [0.25, 0.3) is 0 Å². The maximum Gasteiger partial charge on any atom is 0.340 e. The minimum atomic E-state index is -0.834. The van der Waals surface area contributed by atoms with E-state index in [9.17, 15) is 9.59 Å². The number of carbonyl (C=O) groups is 2. The molecule has 0 radical (unpaired) electrons. The first-order chi connectivity index (χ1) is 17.4. The number of allylic oxidation sites excluding steroid dienone is 1. The molecule has 2 aliphatic heterocycles. The number of hydrogen-bond donors (Lipinski definition) is 0. The Morgan fingerprint density at radius 1 is 1.11 bits per heavy atom. The van der Waals surface area contributed by atoms with Crippen LogP contribution in [0.4, 0.5) is 0 Å². The Hall–Kier alpha value is -3.22. The molecule has 2 aromatic carbocycles. The van der Waals surface area contributed by atoms with E-state index in [0.717, 1.165) is 42.4 Å². The van der Waals surface area contributed by atoms with Gasteiger partial charge in [0.15, 0.2) is 6.10 Å². The quantitative estimate of drug-likeness (QED) is 0.230. The lowest BCUT2D eigenvalue weighted by molar-refractivity contribution is -0.158. The molecule has 5 atom stereocenters. The summed E-state index contributed by atoms with van der Waals surface area (Å²) in [5.74, 6) is -0.823. The van der Waals surface area contributed by atoms with Gasteiger partial charge in [0.25, 0.3) is 0 Å². The van der Waals surface area contributed by atoms with Crippen LogP contribution in [-0.2, 0) is 35.1 Å². The van der Waals surface area contributed by atoms with Gasteiger partial charge in [0.05, 0.1) is 12.2 Å². The number of hydrogen-bond acceptors (Lipinski definition) is 6. The summed E-state index contributed by atoms with van der Waals surface area (Å²) in [6.45, 7) is 6.54. The third-order valence-electron chi connectivity index (χ3n) is 7.41. The number of carbonyl (C=O) groups excluding carboxylic acids is 2. The second kappa shape index (κ2) is 10.4. The molecule has 36 heavy (non-hydrogen) atoms. The van der Waals surface area contributed by atoms with Gasteiger partial charge in [0.1, 0.15) is 18.8 Å². The van der Waals surface area contributed by atoms with Gasteiger partial charge in [0, 0.05) is 11.5 Å². The molecule has 0 bridgehead atoms. The number of rotatable bonds is 7. The fourth-order valence-electron chi connectivity index (χ4n) is 5.17. The smallest absolute Gasteiger partial charge is 0.340 e. The molecular formula is C30H32O6. The summed E-state index contributed by atoms with van der Waals surface area (Å²) in [5.41, 5.74) is 2.98. The molecule has 0 saturated carbocycles. The molecule has 2 aromatic rings. The number of ether oxygens (including phenoxy) is 4. The van der Waals surface area contributed by atoms with Crippen molar-refractivity contribution in [2.75, 3.05) is 6.61 Å². The average molecular weight is 489 g/mol. The van der Waals surface area contributed by atoms with Gasteiger partial charge in [-0.25, -0.2) is 9.59 Å². The molecular weight excluding hydrogens is 456 g/mol. The molecule has 6 heteroatoms. The second-order valence-electron chi connectivity index (χ2n) is 9.99. The van der Waals surface area contributed by atoms with Crippen LogP contribution in [0.3, 0.4) is 0 Å². The first-order valence-electron chi connectivity index (χ1n) is 12.6. The lowest BCUT2D eigenvalue weighted by atomic mass is 9.84. The largest absolute Gasteiger partial charge is 0.459 e. The van der Waals surface area contributed by atoms with E-state index in [2.05, 4.69) is 19.6 Å². The minimum Gasteiger partial charge on any atom is -0.459 e. The van der Waals surface area contributed by atoms with E-state index < -0.39 is 12.1 Å². The lowest BCUT2D eigenvalue weighted by Crippen LogP contribution is -2.29. The van der Waals surface area contributed by atoms with Crippen molar-refractivity contribution >= 4 is 11.9 Å². The Morgan fingerprint density at radius 2 is 1.83 bits per heavy atom. The molecule has 0 spiro atoms. The van der Waals surface area contributed by atoms with Crippen LogP contribution < -0.4 is 0 Å². The number of esters is 2. The van der Waals surface area contributed by atoms with E-state index >= 15 is 0 Å². The zero-order valence-corrected chi connectivity index (χ0v) is 20.6. The highest BCUT2D eigenvalue weighted by atomic mass is 16.6. The molecule has 5 rings (SSSR count). The van der Waals surface area contributed by atoms with Crippen molar-refractivity contribution in [2.45, 2.75) is 63.1 Å². The molecule has 0 amide bonds. The van der Waals surface area contributed by atoms with Gasteiger partial charge in [-0.05, 0) is 49.3 Å². The van der Waals surface area contributed by atoms with Crippen LogP contribution in [0.2, 0.25) is 0 Å². The Kier molecular flexibility index (Phi) is 7.08. The number of benzene rings is 2. The molecule has 0 N–H and O–H groups in total. The molecule has 2 fully saturated rings. The Bertz CT molecular complexity index is 1140. The molecule has 2 saturated heterocycles. The molecule has 1 unspecified atom stereocenters. The predicted octanol–water partition coefficient (Wildman–Crippen LogP) is 5.24. The highest BCUT2D eigenvalue weighted by Gasteiger charge is 2.61. The first kappa shape index (κ1) is 24.5. The van der Waals surface area contributed by atoms with Crippen LogP contribution in [0.1, 0.15) is 49.8 Å². The number of epoxide rings is 1. The summed E-state index contributed by atoms with van der Waals surface area (Å²) >= 11 is 0. The van der Waals surface area contributed by atoms with Crippen molar-refractivity contribution in [3.8, 4) is 0 Å². The van der Waals surface area contributed by atoms with Crippen LogP contribution >= 0.6 is 0 Å². The molecule has 1 aliphatic carbocycles. The van der Waals surface area contributed by atoms with Crippen LogP contribution in [-0.4, -0.2) is 36.4 Å². The maximum atomic E-state index is 13.1. The summed E-state index contributed by atoms with van der Waals surface area (Å²) in [5, 5.41) is 0. The lowest BCUT2D eigenvalue weighted by Gasteiger charge is -2.22. The SMILES string of the molecule is C=C1C(=O)O[C@H]2[C@H]1CC/C(COC(C(=O)OCc1ccccc1)c1ccccc1)=C/CC[C@@]1(C)O[C@@H]21. The van der Waals surface area contributed by atoms with Gasteiger partial charge in [-0.15, -0.1) is 0 Å². The average Bonchev–Trinajstić information content (AvgIpc) is 3.49. The van der Waals surface area contributed by atoms with Crippen molar-refractivity contribution in [3.63, 3.8) is 0 Å². The fraction of sp³-hybridized carbons (Fsp3) is 0.400. The normalized spacial score (nSPS) is 29.7. The van der Waals surface area contributed by atoms with Crippen molar-refractivity contribution in [1.29, 1.82) is 0 Å². The van der Waals surface area contributed by atoms with Gasteiger partial charge in [-0.1, -0.05) is 73.3 Å². The zero-order chi connectivity index (χ0) is 25.1. The zero-order valence-electron chi connectivity index (χ0n) is 20.6. The van der Waals surface area contributed by atoms with E-state index in [1.165, 1.54) is 0 Å². The van der Waals surface area contributed by atoms with Gasteiger partial charge >= 0.3 is 11.9 Å². The monoisotopic (exact) mass is 488 g/mol. The molecule has 188 valence electrons. The first-order valence-corrected chi connectivity index (χ1v) is 12.6. The highest BCUT2D eigenvalue weighted by Crippen LogP contribution is 2.49. The van der Waals surface area contributed by atoms with Crippen LogP contribution in [0, 0.1) is 5.92 Å². The van der Waals surface area contributed by atoms with Gasteiger partial charge < -0.3 is 18.9 Å². The molecule has 0 aromatic heterocycles. The van der Waals surface area contributed by atoms with Gasteiger partial charge in [-0.2, -0.15) is 0 Å². The van der Waals surface area contributed by atoms with E-state index in [-0.39, 0.29) is 36.3 Å². The molecule has 2 heterocycles. The fourth-order valence-corrected chi connectivity index (χ4v) is 5.17. The summed E-state index contributed by atoms with van der Waals surface area (Å²) in [4.78, 5) is 25.3. The standard InChI is InChI=1S/C30H32O6/c1-20-24-16-15-22(12-9-17-30(2)27(36-30)26(24)35-28(20)31)18-33-25(23-13-7-4-8-14-23)29(32)34-19-21-10-5-3-6-11-21/h3-8,10-14,24-27H,1,9,15-19H2,2H3/b22-12-/t24-,25?,26-,27-,30+/m0/s1. The van der Waals surface area contributed by atoms with Crippen LogP contribution in [0.15, 0.2) is 84.5 Å². The van der Waals surface area contributed by atoms with Crippen molar-refractivity contribution in [2.24, 2.45) is 5.92 Å². The van der Waals surface area contributed by atoms with Gasteiger partial charge in [0.2, 0.25) is 0 Å². The summed E-state index contributed by atoms with van der Waals surface area (Å²) in [7, 11) is 0. The third kappa shape index (κ3) is 5.30. The maximum absolute atomic E-state index is 13.1. The van der Waals surface area contributed by atoms with Crippen molar-refractivity contribution in [3.05, 3.63) is 95.6 Å².